The van der Waals surface area contributed by atoms with Crippen molar-refractivity contribution in [1.82, 2.24) is 14.9 Å². The van der Waals surface area contributed by atoms with E-state index in [0.29, 0.717) is 24.8 Å². The quantitative estimate of drug-likeness (QED) is 0.631. The van der Waals surface area contributed by atoms with Crippen molar-refractivity contribution in [2.24, 2.45) is 0 Å². The number of pyridine rings is 1. The summed E-state index contributed by atoms with van der Waals surface area (Å²) in [5.41, 5.74) is 5.69. The number of rotatable bonds is 6. The van der Waals surface area contributed by atoms with Crippen molar-refractivity contribution in [2.45, 2.75) is 33.3 Å². The first-order chi connectivity index (χ1) is 14.9. The fourth-order valence-electron chi connectivity index (χ4n) is 3.78. The maximum atomic E-state index is 12.4. The van der Waals surface area contributed by atoms with Gasteiger partial charge in [-0.1, -0.05) is 29.8 Å². The maximum Gasteiger partial charge on any atom is 0.240 e. The third-order valence-electron chi connectivity index (χ3n) is 5.28. The molecule has 31 heavy (non-hydrogen) atoms. The highest BCUT2D eigenvalue weighted by Gasteiger charge is 2.25. The summed E-state index contributed by atoms with van der Waals surface area (Å²) in [7, 11) is 0. The van der Waals surface area contributed by atoms with Crippen molar-refractivity contribution < 1.29 is 9.53 Å². The van der Waals surface area contributed by atoms with E-state index in [9.17, 15) is 4.79 Å². The first-order valence-electron chi connectivity index (χ1n) is 10.5. The first kappa shape index (κ1) is 21.6. The molecule has 7 heteroatoms. The number of aromatic nitrogens is 2. The molecule has 1 atom stereocenters. The lowest BCUT2D eigenvalue weighted by Gasteiger charge is -2.32. The van der Waals surface area contributed by atoms with Crippen LogP contribution in [0.15, 0.2) is 42.6 Å². The lowest BCUT2D eigenvalue weighted by molar-refractivity contribution is -0.119. The van der Waals surface area contributed by atoms with Gasteiger partial charge in [-0.25, -0.2) is 4.98 Å². The summed E-state index contributed by atoms with van der Waals surface area (Å²) in [6.07, 6.45) is 2.49. The van der Waals surface area contributed by atoms with Gasteiger partial charge in [-0.15, -0.1) is 11.3 Å². The number of hydrogen-bond acceptors (Lipinski definition) is 6. The summed E-state index contributed by atoms with van der Waals surface area (Å²) in [5.74, 6) is -0.0488. The molecule has 0 unspecified atom stereocenters. The maximum absolute atomic E-state index is 12.4. The predicted octanol–water partition coefficient (Wildman–Crippen LogP) is 4.07. The van der Waals surface area contributed by atoms with Crippen molar-refractivity contribution in [3.05, 3.63) is 75.6 Å². The monoisotopic (exact) mass is 436 g/mol. The molecule has 0 aliphatic carbocycles. The second-order valence-corrected chi connectivity index (χ2v) is 9.36. The molecule has 3 heterocycles. The molecule has 3 aromatic rings. The SMILES string of the molecule is Cc1ccc(Cc2cc(C)nc([C@@H]3CN(CC(=O)Nc4ncc(C)s4)CCO3)c2)cc1. The van der Waals surface area contributed by atoms with Crippen LogP contribution in [0.2, 0.25) is 0 Å². The van der Waals surface area contributed by atoms with E-state index >= 15 is 0 Å². The summed E-state index contributed by atoms with van der Waals surface area (Å²) < 4.78 is 6.03. The molecule has 1 aliphatic rings. The van der Waals surface area contributed by atoms with Crippen LogP contribution in [0.25, 0.3) is 0 Å². The number of thiazole rings is 1. The van der Waals surface area contributed by atoms with Gasteiger partial charge in [-0.05, 0) is 50.5 Å². The molecule has 1 aromatic carbocycles. The Balaban J connectivity index is 1.40. The average Bonchev–Trinajstić information content (AvgIpc) is 3.14. The van der Waals surface area contributed by atoms with Crippen molar-refractivity contribution in [3.63, 3.8) is 0 Å². The highest BCUT2D eigenvalue weighted by Crippen LogP contribution is 2.24. The van der Waals surface area contributed by atoms with E-state index in [2.05, 4.69) is 58.5 Å². The van der Waals surface area contributed by atoms with Crippen molar-refractivity contribution in [2.75, 3.05) is 31.6 Å². The zero-order chi connectivity index (χ0) is 21.8. The van der Waals surface area contributed by atoms with E-state index in [1.54, 1.807) is 6.20 Å². The van der Waals surface area contributed by atoms with Gasteiger partial charge in [0.25, 0.3) is 0 Å². The minimum Gasteiger partial charge on any atom is -0.369 e. The zero-order valence-corrected chi connectivity index (χ0v) is 19.0. The summed E-state index contributed by atoms with van der Waals surface area (Å²) in [6.45, 7) is 8.36. The Labute approximate surface area is 187 Å². The van der Waals surface area contributed by atoms with Crippen LogP contribution in [-0.4, -0.2) is 47.0 Å². The number of nitrogens with one attached hydrogen (secondary N) is 1. The summed E-state index contributed by atoms with van der Waals surface area (Å²) in [5, 5.41) is 3.53. The van der Waals surface area contributed by atoms with Crippen LogP contribution in [0.4, 0.5) is 5.13 Å². The molecule has 0 saturated carbocycles. The van der Waals surface area contributed by atoms with Gasteiger partial charge in [0.05, 0.1) is 18.8 Å². The third-order valence-corrected chi connectivity index (χ3v) is 6.11. The Morgan fingerprint density at radius 3 is 2.74 bits per heavy atom. The van der Waals surface area contributed by atoms with E-state index in [4.69, 9.17) is 9.72 Å². The molecule has 6 nitrogen and oxygen atoms in total. The molecule has 0 radical (unpaired) electrons. The summed E-state index contributed by atoms with van der Waals surface area (Å²) in [4.78, 5) is 24.6. The molecule has 2 aromatic heterocycles. The number of anilines is 1. The Bertz CT molecular complexity index is 1050. The zero-order valence-electron chi connectivity index (χ0n) is 18.2. The predicted molar refractivity (Wildman–Crippen MR) is 124 cm³/mol. The van der Waals surface area contributed by atoms with E-state index in [0.717, 1.165) is 29.2 Å². The van der Waals surface area contributed by atoms with Gasteiger partial charge in [0.15, 0.2) is 5.13 Å². The third kappa shape index (κ3) is 5.97. The number of aryl methyl sites for hydroxylation is 3. The largest absolute Gasteiger partial charge is 0.369 e. The Morgan fingerprint density at radius 2 is 2.00 bits per heavy atom. The molecule has 1 N–H and O–H groups in total. The molecule has 1 fully saturated rings. The van der Waals surface area contributed by atoms with Crippen LogP contribution in [0.5, 0.6) is 0 Å². The highest BCUT2D eigenvalue weighted by molar-refractivity contribution is 7.15. The minimum absolute atomic E-state index is 0.0488. The second-order valence-electron chi connectivity index (χ2n) is 8.12. The molecule has 0 bridgehead atoms. The number of ether oxygens (including phenoxy) is 1. The Morgan fingerprint density at radius 1 is 1.19 bits per heavy atom. The summed E-state index contributed by atoms with van der Waals surface area (Å²) >= 11 is 1.48. The number of benzene rings is 1. The van der Waals surface area contributed by atoms with E-state index in [1.807, 2.05) is 13.8 Å². The van der Waals surface area contributed by atoms with Gasteiger partial charge >= 0.3 is 0 Å². The minimum atomic E-state index is -0.139. The molecular weight excluding hydrogens is 408 g/mol. The van der Waals surface area contributed by atoms with Crippen molar-refractivity contribution in [1.29, 1.82) is 0 Å². The molecule has 162 valence electrons. The van der Waals surface area contributed by atoms with Gasteiger partial charge in [0, 0.05) is 29.9 Å². The van der Waals surface area contributed by atoms with Crippen molar-refractivity contribution in [3.8, 4) is 0 Å². The molecule has 1 amide bonds. The lowest BCUT2D eigenvalue weighted by Crippen LogP contribution is -2.42. The van der Waals surface area contributed by atoms with Gasteiger partial charge in [-0.2, -0.15) is 0 Å². The first-order valence-corrected chi connectivity index (χ1v) is 11.4. The van der Waals surface area contributed by atoms with E-state index in [-0.39, 0.29) is 12.0 Å². The normalized spacial score (nSPS) is 16.9. The fourth-order valence-corrected chi connectivity index (χ4v) is 4.46. The standard InChI is InChI=1S/C24H28N4O2S/c1-16-4-6-19(7-5-16)11-20-10-17(2)26-21(12-20)22-14-28(8-9-30-22)15-23(29)27-24-25-13-18(3)31-24/h4-7,10,12-13,22H,8-9,11,14-15H2,1-3H3,(H,25,27,29)/t22-/m0/s1. The van der Waals surface area contributed by atoms with Crippen LogP contribution in [-0.2, 0) is 16.0 Å². The number of carbonyl (C=O) groups is 1. The molecule has 1 aliphatic heterocycles. The lowest BCUT2D eigenvalue weighted by atomic mass is 10.0. The highest BCUT2D eigenvalue weighted by atomic mass is 32.1. The Hall–Kier alpha value is -2.61. The fraction of sp³-hybridized carbons (Fsp3) is 0.375. The van der Waals surface area contributed by atoms with Crippen LogP contribution in [0, 0.1) is 20.8 Å². The van der Waals surface area contributed by atoms with Gasteiger partial charge in [0.2, 0.25) is 5.91 Å². The summed E-state index contributed by atoms with van der Waals surface area (Å²) in [6, 6.07) is 12.9. The Kier molecular flexibility index (Phi) is 6.75. The number of morpholine rings is 1. The second kappa shape index (κ2) is 9.68. The van der Waals surface area contributed by atoms with Crippen LogP contribution < -0.4 is 5.32 Å². The van der Waals surface area contributed by atoms with Gasteiger partial charge < -0.3 is 10.1 Å². The number of nitrogens with zero attached hydrogens (tertiary/aromatic N) is 3. The topological polar surface area (TPSA) is 67.4 Å². The van der Waals surface area contributed by atoms with E-state index in [1.165, 1.54) is 28.0 Å². The van der Waals surface area contributed by atoms with Gasteiger partial charge in [0.1, 0.15) is 6.10 Å². The molecule has 4 rings (SSSR count). The van der Waals surface area contributed by atoms with Crippen LogP contribution >= 0.6 is 11.3 Å². The number of hydrogen-bond donors (Lipinski definition) is 1. The smallest absolute Gasteiger partial charge is 0.240 e. The molecule has 1 saturated heterocycles. The number of carbonyl (C=O) groups excluding carboxylic acids is 1. The van der Waals surface area contributed by atoms with Crippen LogP contribution in [0.3, 0.4) is 0 Å². The van der Waals surface area contributed by atoms with Crippen molar-refractivity contribution >= 4 is 22.4 Å². The van der Waals surface area contributed by atoms with Gasteiger partial charge in [-0.3, -0.25) is 14.7 Å². The van der Waals surface area contributed by atoms with E-state index < -0.39 is 0 Å². The molecule has 0 spiro atoms. The van der Waals surface area contributed by atoms with Crippen LogP contribution in [0.1, 0.15) is 39.1 Å². The number of amides is 1. The molecular formula is C24H28N4O2S. The average molecular weight is 437 g/mol.